The van der Waals surface area contributed by atoms with Gasteiger partial charge in [0, 0.05) is 0 Å². The maximum Gasteiger partial charge on any atom is 0.209 e. The number of hydrogen-bond acceptors (Lipinski definition) is 8. The van der Waals surface area contributed by atoms with Crippen LogP contribution in [0.15, 0.2) is 48.5 Å². The minimum absolute atomic E-state index is 0.554. The monoisotopic (exact) mass is 406 g/mol. The second kappa shape index (κ2) is 7.48. The normalized spacial score (nSPS) is 19.8. The summed E-state index contributed by atoms with van der Waals surface area (Å²) in [5.74, 6) is -1.65. The first-order valence-corrected chi connectivity index (χ1v) is 9.91. The average molecular weight is 406 g/mol. The minimum atomic E-state index is -0.825. The van der Waals surface area contributed by atoms with Crippen LogP contribution in [0.5, 0.6) is 0 Å². The predicted molar refractivity (Wildman–Crippen MR) is 107 cm³/mol. The molecule has 2 aliphatic heterocycles. The summed E-state index contributed by atoms with van der Waals surface area (Å²) in [7, 11) is 0. The number of aromatic nitrogens is 4. The fourth-order valence-electron chi connectivity index (χ4n) is 3.59. The van der Waals surface area contributed by atoms with Crippen LogP contribution in [0.3, 0.4) is 0 Å². The summed E-state index contributed by atoms with van der Waals surface area (Å²) in [6.07, 6.45) is 0. The molecule has 5 rings (SSSR count). The first-order chi connectivity index (χ1) is 14.6. The Morgan fingerprint density at radius 3 is 1.33 bits per heavy atom. The van der Waals surface area contributed by atoms with Crippen LogP contribution >= 0.6 is 0 Å². The Morgan fingerprint density at radius 2 is 0.967 bits per heavy atom. The molecule has 0 aromatic carbocycles. The fourth-order valence-corrected chi connectivity index (χ4v) is 3.59. The van der Waals surface area contributed by atoms with Gasteiger partial charge in [0.25, 0.3) is 0 Å². The lowest BCUT2D eigenvalue weighted by molar-refractivity contribution is -0.153. The highest BCUT2D eigenvalue weighted by Crippen LogP contribution is 2.32. The molecule has 2 fully saturated rings. The standard InChI is InChI=1S/C22H22N4O4/c1-21(27-11-12-28-21)19-7-3-5-15(23-19)17-9-10-18(26-25-17)16-6-4-8-20(24-16)22(2)29-13-14-30-22/h3-10H,11-14H2,1-2H3. The molecule has 5 heterocycles. The molecule has 0 atom stereocenters. The number of hydrogen-bond donors (Lipinski definition) is 0. The van der Waals surface area contributed by atoms with Gasteiger partial charge in [0.05, 0.1) is 49.2 Å². The first kappa shape index (κ1) is 19.2. The second-order valence-corrected chi connectivity index (χ2v) is 7.41. The highest BCUT2D eigenvalue weighted by atomic mass is 16.7. The minimum Gasteiger partial charge on any atom is -0.342 e. The summed E-state index contributed by atoms with van der Waals surface area (Å²) in [5, 5.41) is 8.73. The van der Waals surface area contributed by atoms with Crippen molar-refractivity contribution in [3.05, 3.63) is 59.9 Å². The van der Waals surface area contributed by atoms with E-state index in [0.29, 0.717) is 60.6 Å². The van der Waals surface area contributed by atoms with Gasteiger partial charge in [0.15, 0.2) is 0 Å². The number of nitrogens with zero attached hydrogens (tertiary/aromatic N) is 4. The molecule has 2 aliphatic rings. The number of rotatable bonds is 4. The van der Waals surface area contributed by atoms with Gasteiger partial charge in [0.1, 0.15) is 11.4 Å². The molecule has 0 unspecified atom stereocenters. The predicted octanol–water partition coefficient (Wildman–Crippen LogP) is 3.04. The molecule has 0 N–H and O–H groups in total. The van der Waals surface area contributed by atoms with Crippen molar-refractivity contribution in [2.45, 2.75) is 25.4 Å². The van der Waals surface area contributed by atoms with Crippen molar-refractivity contribution >= 4 is 0 Å². The molecule has 0 saturated carbocycles. The summed E-state index contributed by atoms with van der Waals surface area (Å²) in [5.41, 5.74) is 4.15. The Kier molecular flexibility index (Phi) is 4.79. The molecule has 8 heteroatoms. The Balaban J connectivity index is 1.42. The zero-order valence-electron chi connectivity index (χ0n) is 16.9. The van der Waals surface area contributed by atoms with Gasteiger partial charge in [0.2, 0.25) is 11.6 Å². The van der Waals surface area contributed by atoms with Crippen molar-refractivity contribution in [2.24, 2.45) is 0 Å². The van der Waals surface area contributed by atoms with Crippen molar-refractivity contribution in [3.8, 4) is 22.8 Å². The third kappa shape index (κ3) is 3.48. The van der Waals surface area contributed by atoms with Gasteiger partial charge in [-0.1, -0.05) is 12.1 Å². The van der Waals surface area contributed by atoms with E-state index >= 15 is 0 Å². The van der Waals surface area contributed by atoms with Crippen molar-refractivity contribution in [1.82, 2.24) is 20.2 Å². The van der Waals surface area contributed by atoms with E-state index in [0.717, 1.165) is 0 Å². The number of ether oxygens (including phenoxy) is 4. The maximum atomic E-state index is 5.71. The molecule has 154 valence electrons. The van der Waals surface area contributed by atoms with Crippen LogP contribution in [0.4, 0.5) is 0 Å². The quantitative estimate of drug-likeness (QED) is 0.653. The third-order valence-electron chi connectivity index (χ3n) is 5.29. The van der Waals surface area contributed by atoms with Gasteiger partial charge in [-0.2, -0.15) is 0 Å². The molecule has 0 spiro atoms. The maximum absolute atomic E-state index is 5.71. The highest BCUT2D eigenvalue weighted by molar-refractivity contribution is 5.59. The van der Waals surface area contributed by atoms with Crippen LogP contribution in [0.2, 0.25) is 0 Å². The van der Waals surface area contributed by atoms with E-state index in [2.05, 4.69) is 20.2 Å². The first-order valence-electron chi connectivity index (χ1n) is 9.91. The van der Waals surface area contributed by atoms with E-state index in [9.17, 15) is 0 Å². The topological polar surface area (TPSA) is 88.5 Å². The van der Waals surface area contributed by atoms with Gasteiger partial charge in [-0.25, -0.2) is 9.97 Å². The lowest BCUT2D eigenvalue weighted by Crippen LogP contribution is -2.24. The smallest absolute Gasteiger partial charge is 0.209 e. The summed E-state index contributed by atoms with van der Waals surface area (Å²) in [4.78, 5) is 9.35. The van der Waals surface area contributed by atoms with E-state index in [1.165, 1.54) is 0 Å². The largest absolute Gasteiger partial charge is 0.342 e. The average Bonchev–Trinajstić information content (AvgIpc) is 3.44. The molecular formula is C22H22N4O4. The Hall–Kier alpha value is -2.78. The lowest BCUT2D eigenvalue weighted by atomic mass is 10.1. The highest BCUT2D eigenvalue weighted by Gasteiger charge is 2.35. The van der Waals surface area contributed by atoms with Crippen LogP contribution in [-0.4, -0.2) is 46.6 Å². The van der Waals surface area contributed by atoms with Gasteiger partial charge in [-0.05, 0) is 50.2 Å². The van der Waals surface area contributed by atoms with Crippen molar-refractivity contribution in [3.63, 3.8) is 0 Å². The Morgan fingerprint density at radius 1 is 0.567 bits per heavy atom. The number of pyridine rings is 2. The van der Waals surface area contributed by atoms with Crippen molar-refractivity contribution in [1.29, 1.82) is 0 Å². The Bertz CT molecular complexity index is 961. The van der Waals surface area contributed by atoms with Gasteiger partial charge in [-0.3, -0.25) is 0 Å². The molecule has 0 aliphatic carbocycles. The second-order valence-electron chi connectivity index (χ2n) is 7.41. The van der Waals surface area contributed by atoms with Crippen LogP contribution in [0, 0.1) is 0 Å². The summed E-state index contributed by atoms with van der Waals surface area (Å²) in [6, 6.07) is 15.1. The van der Waals surface area contributed by atoms with E-state index in [4.69, 9.17) is 18.9 Å². The van der Waals surface area contributed by atoms with Crippen LogP contribution in [-0.2, 0) is 30.5 Å². The van der Waals surface area contributed by atoms with Gasteiger partial charge in [-0.15, -0.1) is 10.2 Å². The summed E-state index contributed by atoms with van der Waals surface area (Å²) < 4.78 is 22.8. The van der Waals surface area contributed by atoms with E-state index in [-0.39, 0.29) is 0 Å². The van der Waals surface area contributed by atoms with E-state index in [1.54, 1.807) is 0 Å². The van der Waals surface area contributed by atoms with Crippen molar-refractivity contribution < 1.29 is 18.9 Å². The fraction of sp³-hybridized carbons (Fsp3) is 0.364. The molecule has 30 heavy (non-hydrogen) atoms. The van der Waals surface area contributed by atoms with Crippen molar-refractivity contribution in [2.75, 3.05) is 26.4 Å². The van der Waals surface area contributed by atoms with E-state index < -0.39 is 11.6 Å². The zero-order chi connectivity index (χ0) is 20.6. The third-order valence-corrected chi connectivity index (χ3v) is 5.29. The van der Waals surface area contributed by atoms with Crippen LogP contribution < -0.4 is 0 Å². The van der Waals surface area contributed by atoms with Gasteiger partial charge >= 0.3 is 0 Å². The molecule has 8 nitrogen and oxygen atoms in total. The van der Waals surface area contributed by atoms with Gasteiger partial charge < -0.3 is 18.9 Å². The SMILES string of the molecule is CC1(c2cccc(-c3ccc(-c4cccc(C5(C)OCCO5)n4)nn3)n2)OCCO1. The molecule has 3 aromatic heterocycles. The summed E-state index contributed by atoms with van der Waals surface area (Å²) >= 11 is 0. The molecule has 0 bridgehead atoms. The van der Waals surface area contributed by atoms with Crippen LogP contribution in [0.1, 0.15) is 25.2 Å². The molecular weight excluding hydrogens is 384 g/mol. The van der Waals surface area contributed by atoms with Crippen LogP contribution in [0.25, 0.3) is 22.8 Å². The van der Waals surface area contributed by atoms with E-state index in [1.807, 2.05) is 62.4 Å². The molecule has 0 radical (unpaired) electrons. The lowest BCUT2D eigenvalue weighted by Gasteiger charge is -2.22. The zero-order valence-corrected chi connectivity index (χ0v) is 16.9. The summed E-state index contributed by atoms with van der Waals surface area (Å²) in [6.45, 7) is 5.96. The molecule has 2 saturated heterocycles. The molecule has 0 amide bonds. The Labute approximate surface area is 174 Å². The molecule has 3 aromatic rings.